The van der Waals surface area contributed by atoms with E-state index in [0.717, 1.165) is 60.6 Å². The van der Waals surface area contributed by atoms with Crippen LogP contribution in [0.2, 0.25) is 0 Å². The average molecular weight is 423 g/mol. The van der Waals surface area contributed by atoms with Gasteiger partial charge in [-0.05, 0) is 55.5 Å². The summed E-state index contributed by atoms with van der Waals surface area (Å²) in [4.78, 5) is 17.5. The Balaban J connectivity index is 1.65. The van der Waals surface area contributed by atoms with Gasteiger partial charge in [-0.25, -0.2) is 0 Å². The monoisotopic (exact) mass is 422 g/mol. The number of carbonyl (C=O) groups is 1. The van der Waals surface area contributed by atoms with Gasteiger partial charge in [0.05, 0.1) is 18.9 Å². The van der Waals surface area contributed by atoms with Crippen LogP contribution in [0.5, 0.6) is 0 Å². The Morgan fingerprint density at radius 3 is 2.52 bits per heavy atom. The lowest BCUT2D eigenvalue weighted by molar-refractivity contribution is -0.120. The van der Waals surface area contributed by atoms with E-state index in [0.29, 0.717) is 19.6 Å². The summed E-state index contributed by atoms with van der Waals surface area (Å²) in [6, 6.07) is 8.46. The summed E-state index contributed by atoms with van der Waals surface area (Å²) in [5.74, 6) is 1.06. The van der Waals surface area contributed by atoms with E-state index >= 15 is 0 Å². The number of hydrogen-bond acceptors (Lipinski definition) is 5. The van der Waals surface area contributed by atoms with Gasteiger partial charge in [-0.2, -0.15) is 0 Å². The number of fused-ring (bicyclic) bond motifs is 1. The van der Waals surface area contributed by atoms with Crippen molar-refractivity contribution in [3.05, 3.63) is 47.4 Å². The fourth-order valence-electron chi connectivity index (χ4n) is 4.75. The highest BCUT2D eigenvalue weighted by Crippen LogP contribution is 2.39. The van der Waals surface area contributed by atoms with Crippen LogP contribution >= 0.6 is 0 Å². The van der Waals surface area contributed by atoms with Crippen molar-refractivity contribution in [2.75, 3.05) is 44.3 Å². The number of ether oxygens (including phenoxy) is 1. The lowest BCUT2D eigenvalue weighted by Gasteiger charge is -2.38. The van der Waals surface area contributed by atoms with Crippen LogP contribution in [0.3, 0.4) is 0 Å². The molecule has 5 nitrogen and oxygen atoms in total. The zero-order valence-electron chi connectivity index (χ0n) is 19.2. The first kappa shape index (κ1) is 21.7. The lowest BCUT2D eigenvalue weighted by atomic mass is 9.75. The molecule has 0 amide bonds. The molecule has 1 aromatic heterocycles. The summed E-state index contributed by atoms with van der Waals surface area (Å²) in [5.41, 5.74) is 4.02. The van der Waals surface area contributed by atoms with Crippen LogP contribution < -0.4 is 4.90 Å². The van der Waals surface area contributed by atoms with Crippen molar-refractivity contribution < 1.29 is 13.9 Å². The molecule has 0 radical (unpaired) electrons. The number of ketones is 1. The minimum atomic E-state index is -0.0287. The van der Waals surface area contributed by atoms with E-state index in [9.17, 15) is 4.79 Å². The SMILES string of the molecule is CCN(CC)c1ccc2cc(/C=C/C3=C(N4CCOCC4)C(=O)CC(C)(C)C3)oc2c1. The van der Waals surface area contributed by atoms with E-state index in [4.69, 9.17) is 9.15 Å². The Morgan fingerprint density at radius 2 is 1.81 bits per heavy atom. The van der Waals surface area contributed by atoms with Gasteiger partial charge in [0.2, 0.25) is 0 Å². The summed E-state index contributed by atoms with van der Waals surface area (Å²) in [7, 11) is 0. The predicted molar refractivity (Wildman–Crippen MR) is 126 cm³/mol. The standard InChI is InChI=1S/C26H34N2O3/c1-5-27(6-2)21-9-7-19-15-22(31-24(19)16-21)10-8-20-17-26(3,4)18-23(29)25(20)28-11-13-30-14-12-28/h7-10,15-16H,5-6,11-14,17-18H2,1-4H3/b10-8+. The number of anilines is 1. The first-order chi connectivity index (χ1) is 14.9. The van der Waals surface area contributed by atoms with Crippen molar-refractivity contribution in [1.82, 2.24) is 4.90 Å². The highest BCUT2D eigenvalue weighted by Gasteiger charge is 2.34. The van der Waals surface area contributed by atoms with Crippen LogP contribution in [0, 0.1) is 5.41 Å². The second-order valence-electron chi connectivity index (χ2n) is 9.29. The van der Waals surface area contributed by atoms with Crippen molar-refractivity contribution in [3.8, 4) is 0 Å². The molecule has 0 N–H and O–H groups in total. The molecule has 31 heavy (non-hydrogen) atoms. The molecule has 0 unspecified atom stereocenters. The van der Waals surface area contributed by atoms with E-state index in [1.54, 1.807) is 0 Å². The van der Waals surface area contributed by atoms with E-state index in [2.05, 4.69) is 67.8 Å². The number of rotatable bonds is 6. The van der Waals surface area contributed by atoms with E-state index in [-0.39, 0.29) is 11.2 Å². The van der Waals surface area contributed by atoms with Crippen LogP contribution in [0.1, 0.15) is 46.3 Å². The van der Waals surface area contributed by atoms with E-state index in [1.165, 1.54) is 5.69 Å². The summed E-state index contributed by atoms with van der Waals surface area (Å²) in [5, 5.41) is 1.10. The molecule has 0 saturated carbocycles. The fraction of sp³-hybridized carbons (Fsp3) is 0.500. The molecule has 1 aromatic carbocycles. The van der Waals surface area contributed by atoms with Gasteiger partial charge >= 0.3 is 0 Å². The molecule has 2 aliphatic rings. The first-order valence-corrected chi connectivity index (χ1v) is 11.5. The van der Waals surface area contributed by atoms with Gasteiger partial charge in [0.25, 0.3) is 0 Å². The van der Waals surface area contributed by atoms with Gasteiger partial charge in [0.1, 0.15) is 11.3 Å². The van der Waals surface area contributed by atoms with Crippen LogP contribution in [0.15, 0.2) is 46.0 Å². The molecule has 4 rings (SSSR count). The lowest BCUT2D eigenvalue weighted by Crippen LogP contribution is -2.41. The van der Waals surface area contributed by atoms with E-state index < -0.39 is 0 Å². The minimum absolute atomic E-state index is 0.0287. The molecule has 0 spiro atoms. The third-order valence-electron chi connectivity index (χ3n) is 6.30. The van der Waals surface area contributed by atoms with Crippen molar-refractivity contribution in [2.45, 2.75) is 40.5 Å². The molecule has 1 aliphatic carbocycles. The molecule has 1 fully saturated rings. The van der Waals surface area contributed by atoms with Gasteiger partial charge in [0.15, 0.2) is 5.78 Å². The quantitative estimate of drug-likeness (QED) is 0.635. The highest BCUT2D eigenvalue weighted by atomic mass is 16.5. The molecule has 0 atom stereocenters. The van der Waals surface area contributed by atoms with Crippen molar-refractivity contribution >= 4 is 28.5 Å². The van der Waals surface area contributed by atoms with Gasteiger partial charge in [-0.1, -0.05) is 19.9 Å². The van der Waals surface area contributed by atoms with Crippen molar-refractivity contribution in [1.29, 1.82) is 0 Å². The summed E-state index contributed by atoms with van der Waals surface area (Å²) >= 11 is 0. The maximum atomic E-state index is 13.0. The molecule has 2 heterocycles. The molecular formula is C26H34N2O3. The fourth-order valence-corrected chi connectivity index (χ4v) is 4.75. The molecule has 1 aliphatic heterocycles. The number of carbonyl (C=O) groups excluding carboxylic acids is 1. The average Bonchev–Trinajstić information content (AvgIpc) is 3.15. The Hall–Kier alpha value is -2.53. The van der Waals surface area contributed by atoms with Crippen molar-refractivity contribution in [2.24, 2.45) is 5.41 Å². The zero-order chi connectivity index (χ0) is 22.0. The molecule has 166 valence electrons. The Bertz CT molecular complexity index is 1000. The molecule has 1 saturated heterocycles. The van der Waals surface area contributed by atoms with Crippen LogP contribution in [0.25, 0.3) is 17.0 Å². The molecule has 2 aromatic rings. The first-order valence-electron chi connectivity index (χ1n) is 11.5. The molecule has 5 heteroatoms. The second-order valence-corrected chi connectivity index (χ2v) is 9.29. The number of furan rings is 1. The predicted octanol–water partition coefficient (Wildman–Crippen LogP) is 5.27. The third-order valence-corrected chi connectivity index (χ3v) is 6.30. The number of Topliss-reactive ketones (excluding diaryl/α,β-unsaturated/α-hetero) is 1. The van der Waals surface area contributed by atoms with Crippen LogP contribution in [0.4, 0.5) is 5.69 Å². The number of allylic oxidation sites excluding steroid dienone is 3. The summed E-state index contributed by atoms with van der Waals surface area (Å²) in [6.45, 7) is 13.5. The Kier molecular flexibility index (Phi) is 6.24. The maximum absolute atomic E-state index is 13.0. The number of morpholine rings is 1. The minimum Gasteiger partial charge on any atom is -0.457 e. The van der Waals surface area contributed by atoms with E-state index in [1.807, 2.05) is 6.08 Å². The largest absolute Gasteiger partial charge is 0.457 e. The zero-order valence-corrected chi connectivity index (χ0v) is 19.2. The topological polar surface area (TPSA) is 45.9 Å². The maximum Gasteiger partial charge on any atom is 0.179 e. The highest BCUT2D eigenvalue weighted by molar-refractivity contribution is 5.97. The molecular weight excluding hydrogens is 388 g/mol. The van der Waals surface area contributed by atoms with Crippen LogP contribution in [-0.4, -0.2) is 50.1 Å². The summed E-state index contributed by atoms with van der Waals surface area (Å²) in [6.07, 6.45) is 5.58. The summed E-state index contributed by atoms with van der Waals surface area (Å²) < 4.78 is 11.6. The normalized spacial score (nSPS) is 19.6. The Morgan fingerprint density at radius 1 is 1.06 bits per heavy atom. The van der Waals surface area contributed by atoms with Crippen LogP contribution in [-0.2, 0) is 9.53 Å². The number of benzene rings is 1. The van der Waals surface area contributed by atoms with Crippen molar-refractivity contribution in [3.63, 3.8) is 0 Å². The molecule has 0 bridgehead atoms. The smallest absolute Gasteiger partial charge is 0.179 e. The third kappa shape index (κ3) is 4.72. The number of hydrogen-bond donors (Lipinski definition) is 0. The van der Waals surface area contributed by atoms with Gasteiger partial charge < -0.3 is 19.0 Å². The Labute approximate surface area is 185 Å². The second kappa shape index (κ2) is 8.91. The van der Waals surface area contributed by atoms with Gasteiger partial charge in [0, 0.05) is 49.7 Å². The number of nitrogens with zero attached hydrogens (tertiary/aromatic N) is 2. The van der Waals surface area contributed by atoms with Gasteiger partial charge in [-0.15, -0.1) is 0 Å². The van der Waals surface area contributed by atoms with Gasteiger partial charge in [-0.3, -0.25) is 4.79 Å².